The first-order chi connectivity index (χ1) is 38.1. The van der Waals surface area contributed by atoms with Crippen molar-refractivity contribution in [3.63, 3.8) is 0 Å². The van der Waals surface area contributed by atoms with Gasteiger partial charge in [0.15, 0.2) is 0 Å². The average Bonchev–Trinajstić information content (AvgIpc) is 4.28. The maximum Gasteiger partial charge on any atom is 0.0702 e. The summed E-state index contributed by atoms with van der Waals surface area (Å²) in [4.78, 5) is 4.63. The largest absolute Gasteiger partial charge is 0.309 e. The molecular weight excluding hydrogens is 931 g/mol. The van der Waals surface area contributed by atoms with E-state index in [1.54, 1.807) is 0 Å². The van der Waals surface area contributed by atoms with E-state index in [4.69, 9.17) is 0 Å². The van der Waals surface area contributed by atoms with Gasteiger partial charge in [-0.25, -0.2) is 0 Å². The lowest BCUT2D eigenvalue weighted by atomic mass is 9.74. The maximum absolute atomic E-state index is 4.63. The Kier molecular flexibility index (Phi) is 9.68. The maximum atomic E-state index is 4.63. The quantitative estimate of drug-likeness (QED) is 0.156. The number of aromatic nitrogens is 3. The topological polar surface area (TPSA) is 22.8 Å². The van der Waals surface area contributed by atoms with E-state index >= 15 is 0 Å². The highest BCUT2D eigenvalue weighted by atomic mass is 15.0. The van der Waals surface area contributed by atoms with Crippen molar-refractivity contribution in [3.8, 4) is 78.3 Å². The fraction of sp³-hybridized carbons (Fsp3) is 0.0405. The van der Waals surface area contributed by atoms with Gasteiger partial charge in [0.2, 0.25) is 0 Å². The molecule has 0 aliphatic heterocycles. The van der Waals surface area contributed by atoms with Gasteiger partial charge in [0.1, 0.15) is 0 Å². The monoisotopic (exact) mass is 979 g/mol. The Bertz CT molecular complexity index is 4420. The standard InChI is InChI=1S/C74H49N3/c1-2-16-57-47-74(46-56(57)15-1)67-43-53(34-36-61(67)62-37-35-54(44-68(62)74)51-18-13-17-50(39-51)52-19-14-20-55(40-52)69-25-11-12-38-75-69)48-30-32-49(33-31-48)58-41-59(76-70-26-7-3-21-63(70)64-22-4-8-27-71(64)76)45-60(42-58)77-72-28-9-5-23-65(72)66-24-6-10-29-73(66)77/h1-45H,46-47H2. The summed E-state index contributed by atoms with van der Waals surface area (Å²) in [5, 5.41) is 5.01. The van der Waals surface area contributed by atoms with Crippen molar-refractivity contribution >= 4 is 43.6 Å². The van der Waals surface area contributed by atoms with Crippen LogP contribution >= 0.6 is 0 Å². The highest BCUT2D eigenvalue weighted by Crippen LogP contribution is 2.57. The zero-order valence-electron chi connectivity index (χ0n) is 42.2. The SMILES string of the molecule is c1ccc(-c2cccc(-c3cccc(-c4ccc5c(c4)C4(Cc6ccccc6C4)c4cc(-c6ccc(-c7cc(-n8c9ccccc9c9ccccc98)cc(-n8c9ccccc9c9ccccc98)c7)cc6)ccc4-5)c3)c2)nc1. The molecule has 3 heteroatoms. The van der Waals surface area contributed by atoms with Gasteiger partial charge in [0.25, 0.3) is 0 Å². The van der Waals surface area contributed by atoms with Crippen LogP contribution in [0.4, 0.5) is 0 Å². The summed E-state index contributed by atoms with van der Waals surface area (Å²) in [5.74, 6) is 0. The van der Waals surface area contributed by atoms with Gasteiger partial charge in [-0.1, -0.05) is 188 Å². The third-order valence-corrected chi connectivity index (χ3v) is 16.9. The minimum atomic E-state index is -0.175. The fourth-order valence-electron chi connectivity index (χ4n) is 13.4. The molecule has 0 atom stereocenters. The molecule has 2 aliphatic rings. The van der Waals surface area contributed by atoms with Crippen molar-refractivity contribution in [1.29, 1.82) is 0 Å². The third kappa shape index (κ3) is 6.87. The summed E-state index contributed by atoms with van der Waals surface area (Å²) in [6.07, 6.45) is 3.82. The van der Waals surface area contributed by atoms with Crippen LogP contribution in [0.2, 0.25) is 0 Å². The van der Waals surface area contributed by atoms with Gasteiger partial charge in [-0.3, -0.25) is 4.98 Å². The number of benzene rings is 11. The van der Waals surface area contributed by atoms with Gasteiger partial charge in [0, 0.05) is 50.1 Å². The lowest BCUT2D eigenvalue weighted by molar-refractivity contribution is 0.564. The predicted octanol–water partition coefficient (Wildman–Crippen LogP) is 18.7. The minimum absolute atomic E-state index is 0.175. The molecule has 3 aromatic heterocycles. The average molecular weight is 980 g/mol. The van der Waals surface area contributed by atoms with Crippen LogP contribution < -0.4 is 0 Å². The lowest BCUT2D eigenvalue weighted by Crippen LogP contribution is -2.26. The van der Waals surface area contributed by atoms with Crippen molar-refractivity contribution in [3.05, 3.63) is 295 Å². The highest BCUT2D eigenvalue weighted by Gasteiger charge is 2.47. The van der Waals surface area contributed by atoms with E-state index in [-0.39, 0.29) is 5.41 Å². The summed E-state index contributed by atoms with van der Waals surface area (Å²) in [7, 11) is 0. The van der Waals surface area contributed by atoms with Crippen LogP contribution in [0.15, 0.2) is 273 Å². The third-order valence-electron chi connectivity index (χ3n) is 16.9. The Morgan fingerprint density at radius 2 is 0.675 bits per heavy atom. The molecule has 77 heavy (non-hydrogen) atoms. The number of pyridine rings is 1. The molecule has 0 bridgehead atoms. The van der Waals surface area contributed by atoms with E-state index in [0.717, 1.165) is 35.5 Å². The molecule has 360 valence electrons. The van der Waals surface area contributed by atoms with Gasteiger partial charge in [-0.2, -0.15) is 0 Å². The first-order valence-electron chi connectivity index (χ1n) is 26.8. The molecule has 0 saturated carbocycles. The number of rotatable bonds is 7. The number of nitrogens with zero attached hydrogens (tertiary/aromatic N) is 3. The second-order valence-electron chi connectivity index (χ2n) is 21.2. The first-order valence-corrected chi connectivity index (χ1v) is 26.8. The number of hydrogen-bond acceptors (Lipinski definition) is 1. The molecule has 3 heterocycles. The Balaban J connectivity index is 0.796. The van der Waals surface area contributed by atoms with Crippen molar-refractivity contribution in [2.45, 2.75) is 18.3 Å². The van der Waals surface area contributed by atoms with Crippen LogP contribution in [0.3, 0.4) is 0 Å². The second kappa shape index (κ2) is 17.1. The summed E-state index contributed by atoms with van der Waals surface area (Å²) in [6, 6.07) is 99.2. The van der Waals surface area contributed by atoms with Gasteiger partial charge in [-0.15, -0.1) is 0 Å². The first kappa shape index (κ1) is 43.6. The fourth-order valence-corrected chi connectivity index (χ4v) is 13.4. The Hall–Kier alpha value is -9.83. The van der Waals surface area contributed by atoms with E-state index in [1.807, 2.05) is 18.3 Å². The smallest absolute Gasteiger partial charge is 0.0702 e. The molecule has 0 unspecified atom stereocenters. The van der Waals surface area contributed by atoms with Crippen molar-refractivity contribution in [1.82, 2.24) is 14.1 Å². The highest BCUT2D eigenvalue weighted by molar-refractivity contribution is 6.11. The van der Waals surface area contributed by atoms with E-state index in [0.29, 0.717) is 0 Å². The summed E-state index contributed by atoms with van der Waals surface area (Å²) >= 11 is 0. The molecule has 0 amide bonds. The van der Waals surface area contributed by atoms with E-state index in [9.17, 15) is 0 Å². The summed E-state index contributed by atoms with van der Waals surface area (Å²) < 4.78 is 4.90. The van der Waals surface area contributed by atoms with Gasteiger partial charge in [-0.05, 0) is 170 Å². The molecule has 16 rings (SSSR count). The van der Waals surface area contributed by atoms with Crippen LogP contribution in [0.25, 0.3) is 122 Å². The normalized spacial score (nSPS) is 13.2. The number of hydrogen-bond donors (Lipinski definition) is 0. The van der Waals surface area contributed by atoms with E-state index < -0.39 is 0 Å². The Labute approximate surface area is 447 Å². The van der Waals surface area contributed by atoms with Crippen LogP contribution in [0.5, 0.6) is 0 Å². The van der Waals surface area contributed by atoms with Crippen molar-refractivity contribution in [2.24, 2.45) is 0 Å². The van der Waals surface area contributed by atoms with Gasteiger partial charge in [0.05, 0.1) is 27.8 Å². The number of para-hydroxylation sites is 4. The molecule has 11 aromatic carbocycles. The van der Waals surface area contributed by atoms with Crippen molar-refractivity contribution in [2.75, 3.05) is 0 Å². The van der Waals surface area contributed by atoms with Crippen LogP contribution in [-0.2, 0) is 18.3 Å². The summed E-state index contributed by atoms with van der Waals surface area (Å²) in [6.45, 7) is 0. The minimum Gasteiger partial charge on any atom is -0.309 e. The van der Waals surface area contributed by atoms with Gasteiger partial charge >= 0.3 is 0 Å². The number of fused-ring (bicyclic) bond motifs is 12. The molecule has 2 aliphatic carbocycles. The molecule has 0 N–H and O–H groups in total. The Morgan fingerprint density at radius 1 is 0.286 bits per heavy atom. The predicted molar refractivity (Wildman–Crippen MR) is 320 cm³/mol. The second-order valence-corrected chi connectivity index (χ2v) is 21.2. The molecular formula is C74H49N3. The van der Waals surface area contributed by atoms with E-state index in [1.165, 1.54) is 122 Å². The molecule has 14 aromatic rings. The zero-order chi connectivity index (χ0) is 50.6. The zero-order valence-corrected chi connectivity index (χ0v) is 42.2. The molecule has 0 fully saturated rings. The summed E-state index contributed by atoms with van der Waals surface area (Å²) in [5.41, 5.74) is 27.0. The molecule has 0 radical (unpaired) electrons. The van der Waals surface area contributed by atoms with Crippen LogP contribution in [0.1, 0.15) is 22.3 Å². The van der Waals surface area contributed by atoms with Crippen molar-refractivity contribution < 1.29 is 0 Å². The lowest BCUT2D eigenvalue weighted by Gasteiger charge is -2.27. The Morgan fingerprint density at radius 3 is 1.16 bits per heavy atom. The van der Waals surface area contributed by atoms with Crippen LogP contribution in [0, 0.1) is 0 Å². The van der Waals surface area contributed by atoms with Gasteiger partial charge < -0.3 is 9.13 Å². The molecule has 0 saturated heterocycles. The molecule has 1 spiro atoms. The molecule has 3 nitrogen and oxygen atoms in total. The van der Waals surface area contributed by atoms with E-state index in [2.05, 4.69) is 269 Å². The van der Waals surface area contributed by atoms with Crippen LogP contribution in [-0.4, -0.2) is 14.1 Å².